The number of hydrogen-bond donors (Lipinski definition) is 1. The minimum Gasteiger partial charge on any atom is -0.484 e. The Morgan fingerprint density at radius 2 is 1.91 bits per heavy atom. The third-order valence-electron chi connectivity index (χ3n) is 4.38. The summed E-state index contributed by atoms with van der Waals surface area (Å²) in [6.45, 7) is 0.864. The highest BCUT2D eigenvalue weighted by molar-refractivity contribution is 9.10. The van der Waals surface area contributed by atoms with Gasteiger partial charge in [0.05, 0.1) is 6.61 Å². The summed E-state index contributed by atoms with van der Waals surface area (Å²) in [5.74, 6) is 0.149. The zero-order valence-corrected chi connectivity index (χ0v) is 19.9. The molecule has 8 nitrogen and oxygen atoms in total. The van der Waals surface area contributed by atoms with Crippen LogP contribution in [0.4, 0.5) is 5.13 Å². The van der Waals surface area contributed by atoms with Crippen LogP contribution in [0.5, 0.6) is 5.75 Å². The molecule has 3 rings (SSSR count). The molecule has 0 unspecified atom stereocenters. The number of carbonyl (C=O) groups excluding carboxylic acids is 2. The predicted molar refractivity (Wildman–Crippen MR) is 127 cm³/mol. The van der Waals surface area contributed by atoms with Crippen molar-refractivity contribution >= 4 is 44.2 Å². The Kier molecular flexibility index (Phi) is 9.14. The molecule has 0 aliphatic rings. The van der Waals surface area contributed by atoms with Crippen molar-refractivity contribution in [2.24, 2.45) is 0 Å². The second-order valence-electron chi connectivity index (χ2n) is 6.70. The van der Waals surface area contributed by atoms with E-state index in [1.165, 1.54) is 11.3 Å². The predicted octanol–water partition coefficient (Wildman–Crippen LogP) is 3.85. The molecule has 1 N–H and O–H groups in total. The summed E-state index contributed by atoms with van der Waals surface area (Å²) in [5, 5.41) is 12.0. The van der Waals surface area contributed by atoms with Crippen molar-refractivity contribution < 1.29 is 19.1 Å². The highest BCUT2D eigenvalue weighted by Gasteiger charge is 2.17. The van der Waals surface area contributed by atoms with Crippen LogP contribution in [0.25, 0.3) is 10.6 Å². The number of halogens is 1. The smallest absolute Gasteiger partial charge is 0.260 e. The molecule has 0 radical (unpaired) electrons. The molecular weight excluding hydrogens is 496 g/mol. The number of amides is 2. The lowest BCUT2D eigenvalue weighted by atomic mass is 10.2. The van der Waals surface area contributed by atoms with Crippen LogP contribution in [0.3, 0.4) is 0 Å². The molecule has 3 aromatic rings. The first-order valence-corrected chi connectivity index (χ1v) is 11.5. The van der Waals surface area contributed by atoms with E-state index in [2.05, 4.69) is 31.4 Å². The van der Waals surface area contributed by atoms with Gasteiger partial charge in [-0.05, 0) is 24.3 Å². The second kappa shape index (κ2) is 12.3. The number of aromatic nitrogens is 2. The fourth-order valence-electron chi connectivity index (χ4n) is 2.75. The van der Waals surface area contributed by atoms with Gasteiger partial charge < -0.3 is 19.7 Å². The maximum Gasteiger partial charge on any atom is 0.260 e. The van der Waals surface area contributed by atoms with Gasteiger partial charge in [-0.25, -0.2) is 0 Å². The molecule has 0 fully saturated rings. The number of para-hydroxylation sites is 1. The van der Waals surface area contributed by atoms with Gasteiger partial charge in [0.25, 0.3) is 5.91 Å². The third-order valence-corrected chi connectivity index (χ3v) is 5.76. The third kappa shape index (κ3) is 7.40. The van der Waals surface area contributed by atoms with E-state index >= 15 is 0 Å². The van der Waals surface area contributed by atoms with E-state index in [9.17, 15) is 9.59 Å². The van der Waals surface area contributed by atoms with Gasteiger partial charge in [-0.15, -0.1) is 10.2 Å². The topological polar surface area (TPSA) is 93.6 Å². The Labute approximate surface area is 198 Å². The van der Waals surface area contributed by atoms with Crippen molar-refractivity contribution in [3.63, 3.8) is 0 Å². The molecule has 0 atom stereocenters. The Balaban J connectivity index is 1.51. The summed E-state index contributed by atoms with van der Waals surface area (Å²) in [7, 11) is 1.56. The van der Waals surface area contributed by atoms with E-state index in [-0.39, 0.29) is 31.4 Å². The Morgan fingerprint density at radius 1 is 1.09 bits per heavy atom. The van der Waals surface area contributed by atoms with E-state index in [0.717, 1.165) is 10.0 Å². The van der Waals surface area contributed by atoms with Crippen LogP contribution in [-0.4, -0.2) is 60.3 Å². The van der Waals surface area contributed by atoms with E-state index in [1.54, 1.807) is 24.1 Å². The summed E-state index contributed by atoms with van der Waals surface area (Å²) in [5.41, 5.74) is 0.909. The maximum absolute atomic E-state index is 12.6. The van der Waals surface area contributed by atoms with Crippen LogP contribution in [0.2, 0.25) is 0 Å². The van der Waals surface area contributed by atoms with Crippen molar-refractivity contribution in [1.82, 2.24) is 15.1 Å². The monoisotopic (exact) mass is 518 g/mol. The minimum absolute atomic E-state index is 0.109. The van der Waals surface area contributed by atoms with E-state index in [1.807, 2.05) is 42.5 Å². The molecule has 0 saturated heterocycles. The number of anilines is 1. The molecule has 0 aliphatic heterocycles. The van der Waals surface area contributed by atoms with Crippen molar-refractivity contribution in [2.45, 2.75) is 6.42 Å². The largest absolute Gasteiger partial charge is 0.484 e. The lowest BCUT2D eigenvalue weighted by Crippen LogP contribution is -2.39. The van der Waals surface area contributed by atoms with E-state index in [0.29, 0.717) is 29.0 Å². The first-order chi connectivity index (χ1) is 15.5. The fourth-order valence-corrected chi connectivity index (χ4v) is 3.90. The van der Waals surface area contributed by atoms with Gasteiger partial charge in [-0.1, -0.05) is 57.6 Å². The summed E-state index contributed by atoms with van der Waals surface area (Å²) in [6, 6.07) is 16.8. The number of carbonyl (C=O) groups is 2. The van der Waals surface area contributed by atoms with Gasteiger partial charge >= 0.3 is 0 Å². The Bertz CT molecular complexity index is 1030. The number of nitrogens with zero attached hydrogens (tertiary/aromatic N) is 3. The summed E-state index contributed by atoms with van der Waals surface area (Å²) >= 11 is 4.72. The number of methoxy groups -OCH3 is 1. The average Bonchev–Trinajstić information content (AvgIpc) is 3.26. The van der Waals surface area contributed by atoms with E-state index < -0.39 is 0 Å². The lowest BCUT2D eigenvalue weighted by Gasteiger charge is -2.22. The van der Waals surface area contributed by atoms with Crippen LogP contribution in [0.15, 0.2) is 59.1 Å². The number of nitrogens with one attached hydrogen (secondary N) is 1. The van der Waals surface area contributed by atoms with E-state index in [4.69, 9.17) is 9.47 Å². The van der Waals surface area contributed by atoms with Crippen LogP contribution < -0.4 is 10.1 Å². The molecule has 0 spiro atoms. The summed E-state index contributed by atoms with van der Waals surface area (Å²) in [6.07, 6.45) is 0.118. The van der Waals surface area contributed by atoms with Crippen molar-refractivity contribution in [3.05, 3.63) is 59.1 Å². The Morgan fingerprint density at radius 3 is 2.66 bits per heavy atom. The van der Waals surface area contributed by atoms with Crippen LogP contribution in [-0.2, 0) is 14.3 Å². The van der Waals surface area contributed by atoms with Crippen molar-refractivity contribution in [3.8, 4) is 16.3 Å². The standard InChI is InChI=1S/C22H23BrN4O4S/c1-30-13-12-27(20(29)15-31-18-8-3-2-4-9-18)11-10-19(28)24-22-26-25-21(32-22)16-6-5-7-17(23)14-16/h2-9,14H,10-13,15H2,1H3,(H,24,26,28). The van der Waals surface area contributed by atoms with Gasteiger partial charge in [0.2, 0.25) is 11.0 Å². The SMILES string of the molecule is COCCN(CCC(=O)Nc1nnc(-c2cccc(Br)c2)s1)C(=O)COc1ccccc1. The number of ether oxygens (including phenoxy) is 2. The molecule has 1 heterocycles. The lowest BCUT2D eigenvalue weighted by molar-refractivity contribution is -0.134. The molecule has 168 valence electrons. The highest BCUT2D eigenvalue weighted by Crippen LogP contribution is 2.28. The van der Waals surface area contributed by atoms with Crippen LogP contribution >= 0.6 is 27.3 Å². The first-order valence-electron chi connectivity index (χ1n) is 9.89. The van der Waals surface area contributed by atoms with Crippen molar-refractivity contribution in [2.75, 3.05) is 38.7 Å². The molecular formula is C22H23BrN4O4S. The zero-order chi connectivity index (χ0) is 22.8. The molecule has 2 amide bonds. The highest BCUT2D eigenvalue weighted by atomic mass is 79.9. The summed E-state index contributed by atoms with van der Waals surface area (Å²) < 4.78 is 11.6. The van der Waals surface area contributed by atoms with Gasteiger partial charge in [-0.2, -0.15) is 0 Å². The molecule has 1 aromatic heterocycles. The van der Waals surface area contributed by atoms with Gasteiger partial charge in [0.15, 0.2) is 6.61 Å². The average molecular weight is 519 g/mol. The maximum atomic E-state index is 12.6. The van der Waals surface area contributed by atoms with Crippen LogP contribution in [0.1, 0.15) is 6.42 Å². The van der Waals surface area contributed by atoms with Crippen LogP contribution in [0, 0.1) is 0 Å². The molecule has 0 saturated carbocycles. The Hall–Kier alpha value is -2.82. The molecule has 0 bridgehead atoms. The fraction of sp³-hybridized carbons (Fsp3) is 0.273. The van der Waals surface area contributed by atoms with Gasteiger partial charge in [0, 0.05) is 36.7 Å². The summed E-state index contributed by atoms with van der Waals surface area (Å²) in [4.78, 5) is 26.5. The zero-order valence-electron chi connectivity index (χ0n) is 17.5. The molecule has 32 heavy (non-hydrogen) atoms. The van der Waals surface area contributed by atoms with Gasteiger partial charge in [0.1, 0.15) is 10.8 Å². The van der Waals surface area contributed by atoms with Gasteiger partial charge in [-0.3, -0.25) is 9.59 Å². The minimum atomic E-state index is -0.249. The number of rotatable bonds is 11. The quantitative estimate of drug-likeness (QED) is 0.414. The normalized spacial score (nSPS) is 10.6. The molecule has 0 aliphatic carbocycles. The number of benzene rings is 2. The molecule has 10 heteroatoms. The van der Waals surface area contributed by atoms with Crippen molar-refractivity contribution in [1.29, 1.82) is 0 Å². The molecule has 2 aromatic carbocycles. The first kappa shape index (κ1) is 23.8. The number of hydrogen-bond acceptors (Lipinski definition) is 7. The second-order valence-corrected chi connectivity index (χ2v) is 8.59.